The predicted octanol–water partition coefficient (Wildman–Crippen LogP) is -1.04. The Morgan fingerprint density at radius 1 is 1.71 bits per heavy atom. The molecule has 34 valence electrons. The van der Waals surface area contributed by atoms with Gasteiger partial charge in [0.05, 0.1) is 0 Å². The third-order valence-corrected chi connectivity index (χ3v) is 0.644. The molecule has 0 heterocycles. The molecule has 0 aliphatic heterocycles. The topological polar surface area (TPSA) is 0 Å². The predicted molar refractivity (Wildman–Crippen MR) is 29.3 cm³/mol. The van der Waals surface area contributed by atoms with E-state index in [9.17, 15) is 0 Å². The van der Waals surface area contributed by atoms with E-state index in [0.717, 1.165) is 5.57 Å². The van der Waals surface area contributed by atoms with Crippen LogP contribution in [0.4, 0.5) is 0 Å². The molecule has 0 saturated carbocycles. The van der Waals surface area contributed by atoms with Gasteiger partial charge in [-0.3, -0.25) is 0 Å². The summed E-state index contributed by atoms with van der Waals surface area (Å²) >= 11 is 0. The molecule has 1 heteroatoms. The molecular formula is C6H9K. The van der Waals surface area contributed by atoms with Crippen molar-refractivity contribution in [2.45, 2.75) is 6.92 Å². The third kappa shape index (κ3) is 6.99. The van der Waals surface area contributed by atoms with E-state index in [-0.39, 0.29) is 51.4 Å². The van der Waals surface area contributed by atoms with Gasteiger partial charge < -0.3 is 0 Å². The van der Waals surface area contributed by atoms with Gasteiger partial charge in [0.2, 0.25) is 0 Å². The van der Waals surface area contributed by atoms with Crippen LogP contribution in [-0.4, -0.2) is 0 Å². The molecule has 0 aromatic heterocycles. The van der Waals surface area contributed by atoms with E-state index >= 15 is 0 Å². The van der Waals surface area contributed by atoms with E-state index in [1.54, 1.807) is 12.2 Å². The van der Waals surface area contributed by atoms with Crippen molar-refractivity contribution in [3.8, 4) is 0 Å². The fourth-order valence-corrected chi connectivity index (χ4v) is 0.0833. The summed E-state index contributed by atoms with van der Waals surface area (Å²) in [6, 6.07) is 0. The molecule has 0 atom stereocenters. The maximum Gasteiger partial charge on any atom is 1.00 e. The second-order valence-electron chi connectivity index (χ2n) is 1.15. The van der Waals surface area contributed by atoms with E-state index in [1.807, 2.05) is 6.92 Å². The normalized spacial score (nSPS) is 9.57. The molecule has 0 bridgehead atoms. The summed E-state index contributed by atoms with van der Waals surface area (Å²) in [7, 11) is 0. The molecule has 0 fully saturated rings. The minimum atomic E-state index is 0. The Hall–Kier alpha value is 0.986. The largest absolute Gasteiger partial charge is 1.00 e. The van der Waals surface area contributed by atoms with Crippen molar-refractivity contribution in [1.29, 1.82) is 0 Å². The van der Waals surface area contributed by atoms with Crippen LogP contribution >= 0.6 is 0 Å². The van der Waals surface area contributed by atoms with Gasteiger partial charge in [0, 0.05) is 0 Å². The zero-order valence-electron chi connectivity index (χ0n) is 5.07. The van der Waals surface area contributed by atoms with Crippen LogP contribution in [0.2, 0.25) is 0 Å². The molecular weight excluding hydrogens is 111 g/mol. The summed E-state index contributed by atoms with van der Waals surface area (Å²) in [5.74, 6) is 0. The van der Waals surface area contributed by atoms with E-state index in [1.165, 1.54) is 0 Å². The maximum atomic E-state index is 3.52. The van der Waals surface area contributed by atoms with Crippen LogP contribution in [-0.2, 0) is 0 Å². The average molecular weight is 120 g/mol. The Balaban J connectivity index is 0. The Bertz CT molecular complexity index is 72.2. The van der Waals surface area contributed by atoms with Crippen molar-refractivity contribution in [2.75, 3.05) is 0 Å². The average Bonchev–Trinajstić information content (AvgIpc) is 1.65. The monoisotopic (exact) mass is 120 g/mol. The Morgan fingerprint density at radius 2 is 2.14 bits per heavy atom. The standard InChI is InChI=1S/C6H9.K/c1-4-6(3)5-2;/h4-5H,1-2H2,3H3;/q-1;+1. The second kappa shape index (κ2) is 6.99. The first-order valence-electron chi connectivity index (χ1n) is 1.89. The quantitative estimate of drug-likeness (QED) is 0.235. The summed E-state index contributed by atoms with van der Waals surface area (Å²) in [6.07, 6.45) is 3.54. The fraction of sp³-hybridized carbons (Fsp3) is 0.167. The van der Waals surface area contributed by atoms with E-state index in [0.29, 0.717) is 0 Å². The summed E-state index contributed by atoms with van der Waals surface area (Å²) in [5.41, 5.74) is 1.12. The summed E-state index contributed by atoms with van der Waals surface area (Å²) in [6.45, 7) is 9.00. The molecule has 7 heavy (non-hydrogen) atoms. The molecule has 0 aromatic rings. The van der Waals surface area contributed by atoms with Crippen LogP contribution in [0.25, 0.3) is 0 Å². The first kappa shape index (κ1) is 10.9. The first-order chi connectivity index (χ1) is 2.81. The zero-order chi connectivity index (χ0) is 4.99. The minimum absolute atomic E-state index is 0. The molecule has 0 rings (SSSR count). The fourth-order valence-electron chi connectivity index (χ4n) is 0.0833. The summed E-state index contributed by atoms with van der Waals surface area (Å²) in [4.78, 5) is 0. The van der Waals surface area contributed by atoms with Gasteiger partial charge in [-0.15, -0.1) is 19.6 Å². The number of hydrogen-bond donors (Lipinski definition) is 0. The molecule has 0 radical (unpaired) electrons. The molecule has 0 amide bonds. The Morgan fingerprint density at radius 3 is 2.14 bits per heavy atom. The van der Waals surface area contributed by atoms with Crippen LogP contribution < -0.4 is 51.4 Å². The SMILES string of the molecule is C=CC(C)=C[CH2-].[K+]. The summed E-state index contributed by atoms with van der Waals surface area (Å²) in [5, 5.41) is 0. The van der Waals surface area contributed by atoms with Gasteiger partial charge >= 0.3 is 51.4 Å². The van der Waals surface area contributed by atoms with Crippen LogP contribution in [0.15, 0.2) is 24.3 Å². The molecule has 0 aliphatic rings. The number of rotatable bonds is 1. The van der Waals surface area contributed by atoms with Crippen LogP contribution in [0, 0.1) is 6.92 Å². The number of allylic oxidation sites excluding steroid dienone is 3. The maximum absolute atomic E-state index is 3.52. The van der Waals surface area contributed by atoms with Gasteiger partial charge in [-0.25, -0.2) is 13.0 Å². The van der Waals surface area contributed by atoms with Crippen LogP contribution in [0.1, 0.15) is 6.92 Å². The van der Waals surface area contributed by atoms with Crippen molar-refractivity contribution in [1.82, 2.24) is 0 Å². The van der Waals surface area contributed by atoms with E-state index in [2.05, 4.69) is 13.5 Å². The minimum Gasteiger partial charge on any atom is -0.244 e. The Kier molecular flexibility index (Phi) is 10.9. The van der Waals surface area contributed by atoms with Crippen LogP contribution in [0.3, 0.4) is 0 Å². The molecule has 0 N–H and O–H groups in total. The molecule has 0 spiro atoms. The van der Waals surface area contributed by atoms with Gasteiger partial charge in [0.25, 0.3) is 0 Å². The second-order valence-corrected chi connectivity index (χ2v) is 1.15. The summed E-state index contributed by atoms with van der Waals surface area (Å²) < 4.78 is 0. The molecule has 0 unspecified atom stereocenters. The third-order valence-electron chi connectivity index (χ3n) is 0.644. The van der Waals surface area contributed by atoms with E-state index < -0.39 is 0 Å². The van der Waals surface area contributed by atoms with Gasteiger partial charge in [-0.2, -0.15) is 5.57 Å². The smallest absolute Gasteiger partial charge is 0.244 e. The van der Waals surface area contributed by atoms with Crippen molar-refractivity contribution < 1.29 is 51.4 Å². The first-order valence-corrected chi connectivity index (χ1v) is 1.89. The van der Waals surface area contributed by atoms with Crippen LogP contribution in [0.5, 0.6) is 0 Å². The van der Waals surface area contributed by atoms with E-state index in [4.69, 9.17) is 0 Å². The molecule has 0 nitrogen and oxygen atoms in total. The van der Waals surface area contributed by atoms with Gasteiger partial charge in [0.1, 0.15) is 0 Å². The molecule has 0 aromatic carbocycles. The van der Waals surface area contributed by atoms with Crippen molar-refractivity contribution in [3.63, 3.8) is 0 Å². The Labute approximate surface area is 88.1 Å². The van der Waals surface area contributed by atoms with Gasteiger partial charge in [0.15, 0.2) is 0 Å². The van der Waals surface area contributed by atoms with Crippen molar-refractivity contribution in [3.05, 3.63) is 31.2 Å². The molecule has 0 aliphatic carbocycles. The van der Waals surface area contributed by atoms with Crippen molar-refractivity contribution in [2.24, 2.45) is 0 Å². The molecule has 0 saturated heterocycles. The van der Waals surface area contributed by atoms with Crippen molar-refractivity contribution >= 4 is 0 Å². The van der Waals surface area contributed by atoms with Gasteiger partial charge in [-0.05, 0) is 0 Å². The zero-order valence-corrected chi connectivity index (χ0v) is 8.19. The van der Waals surface area contributed by atoms with Gasteiger partial charge in [-0.1, -0.05) is 0 Å². The number of hydrogen-bond acceptors (Lipinski definition) is 0.